The largest absolute Gasteiger partial charge is 0.494 e. The summed E-state index contributed by atoms with van der Waals surface area (Å²) in [5.41, 5.74) is 1.78. The minimum atomic E-state index is -0.306. The number of hydrogen-bond donors (Lipinski definition) is 2. The normalized spacial score (nSPS) is 11.0. The third-order valence-corrected chi connectivity index (χ3v) is 5.00. The van der Waals surface area contributed by atoms with Gasteiger partial charge in [0, 0.05) is 5.69 Å². The molecule has 1 heterocycles. The van der Waals surface area contributed by atoms with E-state index in [0.717, 1.165) is 5.75 Å². The molecule has 0 fully saturated rings. The fourth-order valence-corrected chi connectivity index (χ4v) is 3.34. The van der Waals surface area contributed by atoms with E-state index in [1.54, 1.807) is 78.9 Å². The van der Waals surface area contributed by atoms with Gasteiger partial charge in [-0.25, -0.2) is 4.98 Å². The van der Waals surface area contributed by atoms with E-state index in [-0.39, 0.29) is 29.5 Å². The van der Waals surface area contributed by atoms with Crippen molar-refractivity contribution >= 4 is 34.1 Å². The van der Waals surface area contributed by atoms with Gasteiger partial charge in [-0.05, 0) is 67.1 Å². The number of anilines is 1. The second-order valence-electron chi connectivity index (χ2n) is 7.46. The van der Waals surface area contributed by atoms with Crippen molar-refractivity contribution in [2.45, 2.75) is 6.92 Å². The van der Waals surface area contributed by atoms with E-state index in [4.69, 9.17) is 9.47 Å². The number of aromatic nitrogens is 2. The predicted molar refractivity (Wildman–Crippen MR) is 134 cm³/mol. The lowest BCUT2D eigenvalue weighted by Crippen LogP contribution is -2.20. The average molecular weight is 466 g/mol. The lowest BCUT2D eigenvalue weighted by Gasteiger charge is -2.09. The van der Waals surface area contributed by atoms with Crippen LogP contribution in [0.2, 0.25) is 0 Å². The number of hydrogen-bond acceptors (Lipinski definition) is 6. The van der Waals surface area contributed by atoms with Crippen LogP contribution in [-0.2, 0) is 4.79 Å². The molecule has 0 atom stereocenters. The first kappa shape index (κ1) is 23.3. The van der Waals surface area contributed by atoms with Crippen LogP contribution >= 0.6 is 0 Å². The summed E-state index contributed by atoms with van der Waals surface area (Å²) < 4.78 is 10.9. The summed E-state index contributed by atoms with van der Waals surface area (Å²) in [5.74, 6) is 1.14. The first-order valence-corrected chi connectivity index (χ1v) is 10.9. The quantitative estimate of drug-likeness (QED) is 0.372. The van der Waals surface area contributed by atoms with Crippen LogP contribution < -0.4 is 20.3 Å². The number of nitrogens with zero attached hydrogens (tertiary/aromatic N) is 2. The number of para-hydroxylation sites is 1. The number of H-pyrrole nitrogens is 1. The van der Waals surface area contributed by atoms with Crippen molar-refractivity contribution in [3.63, 3.8) is 0 Å². The Morgan fingerprint density at radius 3 is 2.43 bits per heavy atom. The number of benzene rings is 3. The molecular weight excluding hydrogens is 444 g/mol. The van der Waals surface area contributed by atoms with Crippen LogP contribution in [0.4, 0.5) is 5.69 Å². The molecule has 0 spiro atoms. The van der Waals surface area contributed by atoms with Crippen LogP contribution in [0, 0.1) is 11.3 Å². The van der Waals surface area contributed by atoms with Crippen molar-refractivity contribution < 1.29 is 14.3 Å². The van der Waals surface area contributed by atoms with Crippen molar-refractivity contribution in [2.75, 3.05) is 18.5 Å². The number of allylic oxidation sites excluding steroid dienone is 1. The highest BCUT2D eigenvalue weighted by atomic mass is 16.5. The van der Waals surface area contributed by atoms with Gasteiger partial charge in [-0.3, -0.25) is 9.59 Å². The summed E-state index contributed by atoms with van der Waals surface area (Å²) >= 11 is 0. The highest BCUT2D eigenvalue weighted by Gasteiger charge is 2.09. The Kier molecular flexibility index (Phi) is 7.19. The van der Waals surface area contributed by atoms with Crippen LogP contribution in [0.5, 0.6) is 11.5 Å². The number of aromatic amines is 1. The molecule has 0 bridgehead atoms. The monoisotopic (exact) mass is 466 g/mol. The molecule has 0 aliphatic carbocycles. The molecular formula is C27H22N4O4. The number of ether oxygens (including phenoxy) is 2. The van der Waals surface area contributed by atoms with Gasteiger partial charge in [0.25, 0.3) is 11.5 Å². The first-order valence-electron chi connectivity index (χ1n) is 10.9. The summed E-state index contributed by atoms with van der Waals surface area (Å²) in [6.07, 6.45) is 1.62. The summed E-state index contributed by atoms with van der Waals surface area (Å²) in [5, 5.41) is 12.8. The molecule has 1 aromatic heterocycles. The van der Waals surface area contributed by atoms with Gasteiger partial charge < -0.3 is 19.8 Å². The molecule has 0 saturated heterocycles. The van der Waals surface area contributed by atoms with E-state index in [1.807, 2.05) is 6.92 Å². The van der Waals surface area contributed by atoms with Crippen molar-refractivity contribution in [3.05, 3.63) is 94.5 Å². The summed E-state index contributed by atoms with van der Waals surface area (Å²) in [4.78, 5) is 31.5. The molecule has 4 aromatic rings. The summed E-state index contributed by atoms with van der Waals surface area (Å²) in [6, 6.07) is 23.0. The number of rotatable bonds is 8. The van der Waals surface area contributed by atoms with Crippen LogP contribution in [0.1, 0.15) is 18.3 Å². The maximum Gasteiger partial charge on any atom is 0.262 e. The third-order valence-electron chi connectivity index (χ3n) is 5.00. The number of carbonyl (C=O) groups is 1. The van der Waals surface area contributed by atoms with E-state index < -0.39 is 0 Å². The van der Waals surface area contributed by atoms with Crippen LogP contribution in [0.3, 0.4) is 0 Å². The number of nitrogens with one attached hydrogen (secondary N) is 2. The number of carbonyl (C=O) groups excluding carboxylic acids is 1. The molecule has 0 aliphatic rings. The zero-order valence-corrected chi connectivity index (χ0v) is 18.9. The fourth-order valence-electron chi connectivity index (χ4n) is 3.34. The Balaban J connectivity index is 1.39. The molecule has 8 heteroatoms. The number of fused-ring (bicyclic) bond motifs is 1. The van der Waals surface area contributed by atoms with E-state index in [9.17, 15) is 14.9 Å². The van der Waals surface area contributed by atoms with Gasteiger partial charge in [0.2, 0.25) is 0 Å². The average Bonchev–Trinajstić information content (AvgIpc) is 2.88. The number of nitriles is 1. The molecule has 1 amide bonds. The van der Waals surface area contributed by atoms with Gasteiger partial charge in [-0.1, -0.05) is 24.3 Å². The summed E-state index contributed by atoms with van der Waals surface area (Å²) in [7, 11) is 0. The zero-order valence-electron chi connectivity index (χ0n) is 18.9. The van der Waals surface area contributed by atoms with E-state index in [2.05, 4.69) is 21.4 Å². The van der Waals surface area contributed by atoms with E-state index in [1.165, 1.54) is 0 Å². The maximum absolute atomic E-state index is 12.3. The van der Waals surface area contributed by atoms with Crippen LogP contribution in [0.25, 0.3) is 22.6 Å². The molecule has 174 valence electrons. The molecule has 0 aliphatic heterocycles. The molecule has 8 nitrogen and oxygen atoms in total. The molecule has 3 aromatic carbocycles. The van der Waals surface area contributed by atoms with E-state index >= 15 is 0 Å². The van der Waals surface area contributed by atoms with Gasteiger partial charge in [0.1, 0.15) is 17.6 Å². The molecule has 0 radical (unpaired) electrons. The van der Waals surface area contributed by atoms with Gasteiger partial charge >= 0.3 is 0 Å². The molecule has 35 heavy (non-hydrogen) atoms. The third kappa shape index (κ3) is 5.92. The lowest BCUT2D eigenvalue weighted by molar-refractivity contribution is -0.118. The van der Waals surface area contributed by atoms with Crippen molar-refractivity contribution in [3.8, 4) is 17.6 Å². The molecule has 4 rings (SSSR count). The summed E-state index contributed by atoms with van der Waals surface area (Å²) in [6.45, 7) is 2.32. The molecule has 2 N–H and O–H groups in total. The van der Waals surface area contributed by atoms with Gasteiger partial charge in [0.05, 0.1) is 23.1 Å². The Morgan fingerprint density at radius 2 is 1.71 bits per heavy atom. The minimum Gasteiger partial charge on any atom is -0.494 e. The topological polar surface area (TPSA) is 117 Å². The van der Waals surface area contributed by atoms with Crippen molar-refractivity contribution in [1.82, 2.24) is 9.97 Å². The molecule has 0 saturated carbocycles. The highest BCUT2D eigenvalue weighted by Crippen LogP contribution is 2.19. The maximum atomic E-state index is 12.3. The number of amides is 1. The minimum absolute atomic E-state index is 0.159. The standard InChI is InChI=1S/C27H22N4O4/c1-2-34-21-13-9-20(10-14-21)29-25(32)17-35-22-11-7-18(8-12-22)15-19(16-28)26-30-24-6-4-3-5-23(24)27(33)31-26/h3-15H,2,17H2,1H3,(H,29,32)(H,30,31,33)/b19-15+. The van der Waals surface area contributed by atoms with Crippen molar-refractivity contribution in [1.29, 1.82) is 5.26 Å². The highest BCUT2D eigenvalue weighted by molar-refractivity contribution is 5.92. The van der Waals surface area contributed by atoms with Crippen LogP contribution in [-0.4, -0.2) is 29.1 Å². The Morgan fingerprint density at radius 1 is 1.03 bits per heavy atom. The van der Waals surface area contributed by atoms with E-state index in [0.29, 0.717) is 34.5 Å². The molecule has 0 unspecified atom stereocenters. The SMILES string of the molecule is CCOc1ccc(NC(=O)COc2ccc(/C=C(\C#N)c3nc4ccccc4c(=O)[nH]3)cc2)cc1. The Hall–Kier alpha value is -4.90. The fraction of sp³-hybridized carbons (Fsp3) is 0.111. The lowest BCUT2D eigenvalue weighted by atomic mass is 10.1. The smallest absolute Gasteiger partial charge is 0.262 e. The van der Waals surface area contributed by atoms with Crippen molar-refractivity contribution in [2.24, 2.45) is 0 Å². The van der Waals surface area contributed by atoms with Gasteiger partial charge in [0.15, 0.2) is 12.4 Å². The van der Waals surface area contributed by atoms with Crippen LogP contribution in [0.15, 0.2) is 77.6 Å². The Labute approximate surface area is 201 Å². The Bertz CT molecular complexity index is 1470. The first-order chi connectivity index (χ1) is 17.1. The second kappa shape index (κ2) is 10.8. The zero-order chi connectivity index (χ0) is 24.6. The van der Waals surface area contributed by atoms with Gasteiger partial charge in [-0.2, -0.15) is 5.26 Å². The predicted octanol–water partition coefficient (Wildman–Crippen LogP) is 4.40. The second-order valence-corrected chi connectivity index (χ2v) is 7.46. The van der Waals surface area contributed by atoms with Gasteiger partial charge in [-0.15, -0.1) is 0 Å².